The molecule has 90 valence electrons. The molecule has 0 saturated heterocycles. The minimum atomic E-state index is -1.10. The summed E-state index contributed by atoms with van der Waals surface area (Å²) in [5.41, 5.74) is 6.54. The highest BCUT2D eigenvalue weighted by molar-refractivity contribution is 6.30. The van der Waals surface area contributed by atoms with Crippen molar-refractivity contribution in [1.82, 2.24) is 0 Å². The average molecular weight is 246 g/mol. The number of halogens is 1. The SMILES string of the molecule is COc1c(C)cc(Cl)cc1C(O)C(O)CN. The van der Waals surface area contributed by atoms with E-state index >= 15 is 0 Å². The molecular weight excluding hydrogens is 230 g/mol. The van der Waals surface area contributed by atoms with Crippen molar-refractivity contribution in [1.29, 1.82) is 0 Å². The quantitative estimate of drug-likeness (QED) is 0.740. The van der Waals surface area contributed by atoms with Gasteiger partial charge in [-0.25, -0.2) is 0 Å². The predicted octanol–water partition coefficient (Wildman–Crippen LogP) is 1.01. The van der Waals surface area contributed by atoms with E-state index in [1.54, 1.807) is 12.1 Å². The number of nitrogens with two attached hydrogens (primary N) is 1. The van der Waals surface area contributed by atoms with Crippen LogP contribution in [0.15, 0.2) is 12.1 Å². The lowest BCUT2D eigenvalue weighted by Crippen LogP contribution is -2.27. The molecule has 0 aliphatic heterocycles. The van der Waals surface area contributed by atoms with Crippen LogP contribution in [-0.2, 0) is 0 Å². The molecule has 2 unspecified atom stereocenters. The fourth-order valence-corrected chi connectivity index (χ4v) is 1.87. The van der Waals surface area contributed by atoms with Crippen molar-refractivity contribution < 1.29 is 14.9 Å². The van der Waals surface area contributed by atoms with Gasteiger partial charge in [-0.1, -0.05) is 11.6 Å². The third-order valence-corrected chi connectivity index (χ3v) is 2.62. The van der Waals surface area contributed by atoms with Crippen LogP contribution in [0.5, 0.6) is 5.75 Å². The normalized spacial score (nSPS) is 14.6. The topological polar surface area (TPSA) is 75.7 Å². The molecule has 0 saturated carbocycles. The molecule has 0 amide bonds. The van der Waals surface area contributed by atoms with Crippen LogP contribution >= 0.6 is 11.6 Å². The molecule has 0 aliphatic rings. The van der Waals surface area contributed by atoms with Crippen molar-refractivity contribution >= 4 is 11.6 Å². The smallest absolute Gasteiger partial charge is 0.127 e. The number of methoxy groups -OCH3 is 1. The van der Waals surface area contributed by atoms with Gasteiger partial charge in [0.15, 0.2) is 0 Å². The molecule has 0 fully saturated rings. The summed E-state index contributed by atoms with van der Waals surface area (Å²) in [4.78, 5) is 0. The van der Waals surface area contributed by atoms with Crippen LogP contribution < -0.4 is 10.5 Å². The first-order valence-corrected chi connectivity index (χ1v) is 5.29. The molecule has 0 bridgehead atoms. The van der Waals surface area contributed by atoms with Crippen LogP contribution in [0.4, 0.5) is 0 Å². The van der Waals surface area contributed by atoms with Crippen LogP contribution in [0, 0.1) is 6.92 Å². The summed E-state index contributed by atoms with van der Waals surface area (Å²) in [6.07, 6.45) is -2.14. The molecule has 1 aromatic carbocycles. The van der Waals surface area contributed by atoms with Crippen molar-refractivity contribution in [2.24, 2.45) is 5.73 Å². The Bertz CT molecular complexity index is 370. The van der Waals surface area contributed by atoms with Crippen molar-refractivity contribution in [2.45, 2.75) is 19.1 Å². The Kier molecular flexibility index (Phi) is 4.56. The fourth-order valence-electron chi connectivity index (χ4n) is 1.59. The summed E-state index contributed by atoms with van der Waals surface area (Å²) in [5.74, 6) is 0.518. The number of aryl methyl sites for hydroxylation is 1. The number of aliphatic hydroxyl groups is 2. The molecule has 0 aliphatic carbocycles. The van der Waals surface area contributed by atoms with Gasteiger partial charge < -0.3 is 20.7 Å². The number of ether oxygens (including phenoxy) is 1. The Balaban J connectivity index is 3.20. The van der Waals surface area contributed by atoms with E-state index in [1.165, 1.54) is 7.11 Å². The zero-order valence-electron chi connectivity index (χ0n) is 9.27. The van der Waals surface area contributed by atoms with Gasteiger partial charge in [0.2, 0.25) is 0 Å². The zero-order chi connectivity index (χ0) is 12.3. The molecule has 2 atom stereocenters. The second-order valence-corrected chi connectivity index (χ2v) is 4.03. The molecule has 0 heterocycles. The monoisotopic (exact) mass is 245 g/mol. The van der Waals surface area contributed by atoms with Gasteiger partial charge in [0.25, 0.3) is 0 Å². The lowest BCUT2D eigenvalue weighted by molar-refractivity contribution is 0.0229. The van der Waals surface area contributed by atoms with Gasteiger partial charge in [-0.2, -0.15) is 0 Å². The number of hydrogen-bond donors (Lipinski definition) is 3. The van der Waals surface area contributed by atoms with Gasteiger partial charge in [0.1, 0.15) is 11.9 Å². The molecular formula is C11H16ClNO3. The van der Waals surface area contributed by atoms with Gasteiger partial charge >= 0.3 is 0 Å². The minimum absolute atomic E-state index is 0.0319. The highest BCUT2D eigenvalue weighted by Gasteiger charge is 2.22. The van der Waals surface area contributed by atoms with Crippen LogP contribution in [-0.4, -0.2) is 30.0 Å². The second kappa shape index (κ2) is 5.50. The van der Waals surface area contributed by atoms with Crippen molar-refractivity contribution in [3.05, 3.63) is 28.3 Å². The minimum Gasteiger partial charge on any atom is -0.496 e. The number of rotatable bonds is 4. The lowest BCUT2D eigenvalue weighted by atomic mass is 10.0. The van der Waals surface area contributed by atoms with Gasteiger partial charge in [0.05, 0.1) is 13.2 Å². The standard InChI is InChI=1S/C11H16ClNO3/c1-6-3-7(12)4-8(11(6)16-2)10(15)9(14)5-13/h3-4,9-10,14-15H,5,13H2,1-2H3. The van der Waals surface area contributed by atoms with Crippen LogP contribution in [0.1, 0.15) is 17.2 Å². The second-order valence-electron chi connectivity index (χ2n) is 3.59. The summed E-state index contributed by atoms with van der Waals surface area (Å²) >= 11 is 5.89. The van der Waals surface area contributed by atoms with Crippen molar-refractivity contribution in [2.75, 3.05) is 13.7 Å². The Hall–Kier alpha value is -0.810. The fraction of sp³-hybridized carbons (Fsp3) is 0.455. The first-order chi connectivity index (χ1) is 7.51. The van der Waals surface area contributed by atoms with Gasteiger partial charge in [-0.3, -0.25) is 0 Å². The molecule has 0 aromatic heterocycles. The molecule has 4 nitrogen and oxygen atoms in total. The Morgan fingerprint density at radius 2 is 2.06 bits per heavy atom. The Morgan fingerprint density at radius 1 is 1.44 bits per heavy atom. The van der Waals surface area contributed by atoms with Crippen LogP contribution in [0.25, 0.3) is 0 Å². The van der Waals surface area contributed by atoms with E-state index in [4.69, 9.17) is 22.1 Å². The third kappa shape index (κ3) is 2.65. The first kappa shape index (κ1) is 13.3. The van der Waals surface area contributed by atoms with Crippen molar-refractivity contribution in [3.63, 3.8) is 0 Å². The summed E-state index contributed by atoms with van der Waals surface area (Å²) in [6, 6.07) is 3.29. The van der Waals surface area contributed by atoms with Crippen molar-refractivity contribution in [3.8, 4) is 5.75 Å². The number of hydrogen-bond acceptors (Lipinski definition) is 4. The maximum atomic E-state index is 9.88. The number of benzene rings is 1. The molecule has 5 heteroatoms. The molecule has 4 N–H and O–H groups in total. The van der Waals surface area contributed by atoms with Gasteiger partial charge in [0, 0.05) is 17.1 Å². The van der Waals surface area contributed by atoms with E-state index in [-0.39, 0.29) is 6.54 Å². The highest BCUT2D eigenvalue weighted by atomic mass is 35.5. The Morgan fingerprint density at radius 3 is 2.56 bits per heavy atom. The largest absolute Gasteiger partial charge is 0.496 e. The average Bonchev–Trinajstić information content (AvgIpc) is 2.26. The number of aliphatic hydroxyl groups excluding tert-OH is 2. The summed E-state index contributed by atoms with van der Waals surface area (Å²) in [6.45, 7) is 1.78. The maximum absolute atomic E-state index is 9.88. The van der Waals surface area contributed by atoms with Gasteiger partial charge in [-0.15, -0.1) is 0 Å². The summed E-state index contributed by atoms with van der Waals surface area (Å²) in [7, 11) is 1.50. The first-order valence-electron chi connectivity index (χ1n) is 4.91. The maximum Gasteiger partial charge on any atom is 0.127 e. The van der Waals surface area contributed by atoms with E-state index in [9.17, 15) is 10.2 Å². The van der Waals surface area contributed by atoms with E-state index in [0.717, 1.165) is 5.56 Å². The Labute approximate surface area is 99.6 Å². The predicted molar refractivity (Wildman–Crippen MR) is 62.8 cm³/mol. The summed E-state index contributed by atoms with van der Waals surface area (Å²) in [5, 5.41) is 19.9. The zero-order valence-corrected chi connectivity index (χ0v) is 10.0. The molecule has 0 spiro atoms. The van der Waals surface area contributed by atoms with Gasteiger partial charge in [-0.05, 0) is 24.6 Å². The molecule has 1 rings (SSSR count). The molecule has 0 radical (unpaired) electrons. The van der Waals surface area contributed by atoms with E-state index in [1.807, 2.05) is 6.92 Å². The highest BCUT2D eigenvalue weighted by Crippen LogP contribution is 2.33. The third-order valence-electron chi connectivity index (χ3n) is 2.40. The molecule has 16 heavy (non-hydrogen) atoms. The van der Waals surface area contributed by atoms with E-state index < -0.39 is 12.2 Å². The molecule has 1 aromatic rings. The van der Waals surface area contributed by atoms with Crippen LogP contribution in [0.2, 0.25) is 5.02 Å². The van der Waals surface area contributed by atoms with Crippen LogP contribution in [0.3, 0.4) is 0 Å². The van der Waals surface area contributed by atoms with E-state index in [0.29, 0.717) is 16.3 Å². The summed E-state index contributed by atoms with van der Waals surface area (Å²) < 4.78 is 5.18. The lowest BCUT2D eigenvalue weighted by Gasteiger charge is -2.20. The van der Waals surface area contributed by atoms with E-state index in [2.05, 4.69) is 0 Å².